The smallest absolute Gasteiger partial charge is 0.408 e. The predicted molar refractivity (Wildman–Crippen MR) is 168 cm³/mol. The molecule has 13 heteroatoms. The standard InChI is InChI=1S/C34H42F2N4O7/c1-4-46-30(41)13-11-25(19-24-14-15-37-31(24)42)38-32(43)28(16-21(2)3)39-33(44)29(18-23-10-12-26(35)27(36)17-23)40-34(45)47-20-22-8-6-5-7-9-22/h5-13,17,21,24-25,28-29H,4,14-16,18-20H2,1-3H3,(H,37,42)(H,38,43)(H,39,44)(H,40,45)/b13-11+/t24-,25+,28-,29-/m0/s1. The van der Waals surface area contributed by atoms with Crippen molar-refractivity contribution in [3.05, 3.63) is 83.4 Å². The minimum absolute atomic E-state index is 0.0615. The Morgan fingerprint density at radius 3 is 2.30 bits per heavy atom. The van der Waals surface area contributed by atoms with Gasteiger partial charge in [0.2, 0.25) is 17.7 Å². The van der Waals surface area contributed by atoms with Gasteiger partial charge in [-0.3, -0.25) is 14.4 Å². The van der Waals surface area contributed by atoms with Crippen LogP contribution in [0.4, 0.5) is 13.6 Å². The molecule has 254 valence electrons. The molecule has 11 nitrogen and oxygen atoms in total. The number of hydrogen-bond acceptors (Lipinski definition) is 7. The van der Waals surface area contributed by atoms with Crippen LogP contribution in [0.15, 0.2) is 60.7 Å². The molecule has 1 heterocycles. The molecule has 3 rings (SSSR count). The fraction of sp³-hybridized carbons (Fsp3) is 0.441. The van der Waals surface area contributed by atoms with Crippen LogP contribution < -0.4 is 21.3 Å². The van der Waals surface area contributed by atoms with Gasteiger partial charge in [-0.1, -0.05) is 56.3 Å². The van der Waals surface area contributed by atoms with E-state index in [4.69, 9.17) is 9.47 Å². The first kappa shape index (κ1) is 36.7. The van der Waals surface area contributed by atoms with Gasteiger partial charge in [0.25, 0.3) is 0 Å². The van der Waals surface area contributed by atoms with E-state index in [0.717, 1.165) is 12.1 Å². The number of amides is 4. The summed E-state index contributed by atoms with van der Waals surface area (Å²) in [7, 11) is 0. The zero-order valence-electron chi connectivity index (χ0n) is 26.7. The van der Waals surface area contributed by atoms with Gasteiger partial charge in [-0.25, -0.2) is 18.4 Å². The van der Waals surface area contributed by atoms with Crippen molar-refractivity contribution in [2.24, 2.45) is 11.8 Å². The van der Waals surface area contributed by atoms with Crippen molar-refractivity contribution in [3.63, 3.8) is 0 Å². The molecule has 2 aromatic rings. The van der Waals surface area contributed by atoms with Gasteiger partial charge in [-0.2, -0.15) is 0 Å². The number of hydrogen-bond donors (Lipinski definition) is 4. The van der Waals surface area contributed by atoms with E-state index < -0.39 is 59.6 Å². The molecule has 1 aliphatic rings. The van der Waals surface area contributed by atoms with Crippen molar-refractivity contribution in [3.8, 4) is 0 Å². The van der Waals surface area contributed by atoms with Crippen molar-refractivity contribution in [2.75, 3.05) is 13.2 Å². The first-order valence-corrected chi connectivity index (χ1v) is 15.6. The summed E-state index contributed by atoms with van der Waals surface area (Å²) in [6.07, 6.45) is 2.44. The third-order valence-electron chi connectivity index (χ3n) is 7.37. The Balaban J connectivity index is 1.79. The Kier molecular flexibility index (Phi) is 14.3. The molecule has 1 aliphatic heterocycles. The van der Waals surface area contributed by atoms with Crippen LogP contribution in [-0.2, 0) is 41.7 Å². The Bertz CT molecular complexity index is 1420. The second kappa shape index (κ2) is 18.4. The first-order chi connectivity index (χ1) is 22.4. The van der Waals surface area contributed by atoms with Crippen LogP contribution in [0.25, 0.3) is 0 Å². The molecule has 0 bridgehead atoms. The highest BCUT2D eigenvalue weighted by Gasteiger charge is 2.31. The summed E-state index contributed by atoms with van der Waals surface area (Å²) in [5, 5.41) is 10.7. The van der Waals surface area contributed by atoms with E-state index in [9.17, 15) is 32.8 Å². The monoisotopic (exact) mass is 656 g/mol. The topological polar surface area (TPSA) is 152 Å². The summed E-state index contributed by atoms with van der Waals surface area (Å²) >= 11 is 0. The molecule has 1 fully saturated rings. The normalized spacial score (nSPS) is 16.2. The van der Waals surface area contributed by atoms with Crippen molar-refractivity contribution >= 4 is 29.8 Å². The zero-order chi connectivity index (χ0) is 34.3. The second-order valence-corrected chi connectivity index (χ2v) is 11.6. The Hall–Kier alpha value is -4.81. The quantitative estimate of drug-likeness (QED) is 0.160. The molecule has 2 aromatic carbocycles. The highest BCUT2D eigenvalue weighted by molar-refractivity contribution is 5.92. The summed E-state index contributed by atoms with van der Waals surface area (Å²) in [4.78, 5) is 64.3. The second-order valence-electron chi connectivity index (χ2n) is 11.6. The van der Waals surface area contributed by atoms with E-state index in [-0.39, 0.29) is 49.9 Å². The molecule has 0 radical (unpaired) electrons. The molecule has 0 saturated carbocycles. The average Bonchev–Trinajstić information content (AvgIpc) is 3.44. The van der Waals surface area contributed by atoms with Crippen molar-refractivity contribution in [2.45, 2.75) is 71.2 Å². The van der Waals surface area contributed by atoms with Gasteiger partial charge in [0.15, 0.2) is 11.6 Å². The number of ether oxygens (including phenoxy) is 2. The molecule has 4 amide bonds. The maximum atomic E-state index is 14.0. The number of alkyl carbamates (subject to hydrolysis) is 1. The van der Waals surface area contributed by atoms with E-state index in [2.05, 4.69) is 21.3 Å². The van der Waals surface area contributed by atoms with E-state index in [0.29, 0.717) is 18.5 Å². The van der Waals surface area contributed by atoms with Crippen LogP contribution in [0.1, 0.15) is 51.2 Å². The molecule has 47 heavy (non-hydrogen) atoms. The van der Waals surface area contributed by atoms with E-state index in [1.54, 1.807) is 37.3 Å². The molecular weight excluding hydrogens is 614 g/mol. The van der Waals surface area contributed by atoms with Crippen molar-refractivity contribution in [1.82, 2.24) is 21.3 Å². The lowest BCUT2D eigenvalue weighted by Gasteiger charge is -2.26. The highest BCUT2D eigenvalue weighted by atomic mass is 19.2. The minimum Gasteiger partial charge on any atom is -0.463 e. The maximum Gasteiger partial charge on any atom is 0.408 e. The largest absolute Gasteiger partial charge is 0.463 e. The van der Waals surface area contributed by atoms with E-state index >= 15 is 0 Å². The number of nitrogens with one attached hydrogen (secondary N) is 4. The maximum absolute atomic E-state index is 14.0. The Morgan fingerprint density at radius 1 is 0.936 bits per heavy atom. The molecular formula is C34H42F2N4O7. The SMILES string of the molecule is CCOC(=O)/C=C/[C@H](C[C@@H]1CCNC1=O)NC(=O)[C@H](CC(C)C)NC(=O)[C@H](Cc1ccc(F)c(F)c1)NC(=O)OCc1ccccc1. The van der Waals surface area contributed by atoms with E-state index in [1.807, 2.05) is 13.8 Å². The molecule has 0 aliphatic carbocycles. The fourth-order valence-corrected chi connectivity index (χ4v) is 5.02. The average molecular weight is 657 g/mol. The minimum atomic E-state index is -1.33. The number of halogens is 2. The summed E-state index contributed by atoms with van der Waals surface area (Å²) < 4.78 is 37.8. The lowest BCUT2D eigenvalue weighted by atomic mass is 9.96. The van der Waals surface area contributed by atoms with Crippen LogP contribution >= 0.6 is 0 Å². The first-order valence-electron chi connectivity index (χ1n) is 15.6. The third-order valence-corrected chi connectivity index (χ3v) is 7.37. The van der Waals surface area contributed by atoms with Crippen molar-refractivity contribution < 1.29 is 42.2 Å². The number of rotatable bonds is 16. The zero-order valence-corrected chi connectivity index (χ0v) is 26.7. The predicted octanol–water partition coefficient (Wildman–Crippen LogP) is 3.46. The van der Waals surface area contributed by atoms with Crippen LogP contribution in [-0.4, -0.2) is 61.1 Å². The molecule has 4 atom stereocenters. The van der Waals surface area contributed by atoms with Gasteiger partial charge in [-0.05, 0) is 55.4 Å². The molecule has 0 aromatic heterocycles. The van der Waals surface area contributed by atoms with Crippen LogP contribution in [0.2, 0.25) is 0 Å². The molecule has 0 spiro atoms. The van der Waals surface area contributed by atoms with Crippen LogP contribution in [0.3, 0.4) is 0 Å². The van der Waals surface area contributed by atoms with Gasteiger partial charge in [0.05, 0.1) is 6.61 Å². The number of benzene rings is 2. The molecule has 1 saturated heterocycles. The fourth-order valence-electron chi connectivity index (χ4n) is 5.02. The van der Waals surface area contributed by atoms with Gasteiger partial charge in [-0.15, -0.1) is 0 Å². The summed E-state index contributed by atoms with van der Waals surface area (Å²) in [5.41, 5.74) is 0.927. The lowest BCUT2D eigenvalue weighted by Crippen LogP contribution is -2.55. The van der Waals surface area contributed by atoms with Gasteiger partial charge in [0, 0.05) is 31.0 Å². The number of carbonyl (C=O) groups is 5. The number of carbonyl (C=O) groups excluding carboxylic acids is 5. The van der Waals surface area contributed by atoms with Crippen molar-refractivity contribution in [1.29, 1.82) is 0 Å². The third kappa shape index (κ3) is 12.5. The van der Waals surface area contributed by atoms with Crippen LogP contribution in [0, 0.1) is 23.5 Å². The summed E-state index contributed by atoms with van der Waals surface area (Å²) in [6.45, 7) is 5.94. The number of esters is 1. The highest BCUT2D eigenvalue weighted by Crippen LogP contribution is 2.18. The van der Waals surface area contributed by atoms with Gasteiger partial charge < -0.3 is 30.7 Å². The van der Waals surface area contributed by atoms with Gasteiger partial charge in [0.1, 0.15) is 18.7 Å². The summed E-state index contributed by atoms with van der Waals surface area (Å²) in [6, 6.07) is 8.82. The summed E-state index contributed by atoms with van der Waals surface area (Å²) in [5.74, 6) is -4.76. The molecule has 4 N–H and O–H groups in total. The Morgan fingerprint density at radius 2 is 1.66 bits per heavy atom. The molecule has 0 unspecified atom stereocenters. The Labute approximate surface area is 272 Å². The lowest BCUT2D eigenvalue weighted by molar-refractivity contribution is -0.137. The van der Waals surface area contributed by atoms with E-state index in [1.165, 1.54) is 18.2 Å². The van der Waals surface area contributed by atoms with Crippen LogP contribution in [0.5, 0.6) is 0 Å². The van der Waals surface area contributed by atoms with Gasteiger partial charge >= 0.3 is 12.1 Å².